The lowest BCUT2D eigenvalue weighted by atomic mass is 10.3. The van der Waals surface area contributed by atoms with E-state index in [2.05, 4.69) is 32.7 Å². The van der Waals surface area contributed by atoms with Crippen LogP contribution in [-0.2, 0) is 19.5 Å². The van der Waals surface area contributed by atoms with Crippen LogP contribution in [0.4, 0.5) is 0 Å². The minimum absolute atomic E-state index is 0.0656. The van der Waals surface area contributed by atoms with Gasteiger partial charge in [-0.15, -0.1) is 10.2 Å². The number of aromatic nitrogens is 4. The fraction of sp³-hybridized carbons (Fsp3) is 0.556. The monoisotopic (exact) mass is 359 g/mol. The Hall–Kier alpha value is -2.64. The molecule has 2 heterocycles. The summed E-state index contributed by atoms with van der Waals surface area (Å²) in [7, 11) is 1.76. The normalized spacial score (nSPS) is 11.6. The smallest absolute Gasteiger partial charge is 0.250 e. The highest BCUT2D eigenvalue weighted by atomic mass is 16.1. The molecule has 0 radical (unpaired) electrons. The lowest BCUT2D eigenvalue weighted by Gasteiger charge is -2.13. The van der Waals surface area contributed by atoms with Gasteiger partial charge < -0.3 is 19.8 Å². The molecule has 142 valence electrons. The maximum absolute atomic E-state index is 11.8. The van der Waals surface area contributed by atoms with Crippen LogP contribution in [0.15, 0.2) is 34.3 Å². The molecular weight excluding hydrogens is 330 g/mol. The Morgan fingerprint density at radius 2 is 2.00 bits per heavy atom. The van der Waals surface area contributed by atoms with Crippen LogP contribution >= 0.6 is 0 Å². The van der Waals surface area contributed by atoms with E-state index in [-0.39, 0.29) is 5.56 Å². The first-order chi connectivity index (χ1) is 12.7. The molecule has 26 heavy (non-hydrogen) atoms. The van der Waals surface area contributed by atoms with Gasteiger partial charge in [0.2, 0.25) is 0 Å². The van der Waals surface area contributed by atoms with Gasteiger partial charge in [-0.2, -0.15) is 0 Å². The standard InChI is InChI=1S/C18H29N7O/c1-4-16-23-22-14-24(16)13-11-21-18(19-3)20-10-5-6-12-25-15(2)8-7-9-17(25)26/h7-9,14H,4-6,10-13H2,1-3H3,(H2,19,20,21). The van der Waals surface area contributed by atoms with Crippen molar-refractivity contribution < 1.29 is 0 Å². The van der Waals surface area contributed by atoms with Crippen molar-refractivity contribution in [1.82, 2.24) is 30.0 Å². The van der Waals surface area contributed by atoms with Crippen LogP contribution in [0.1, 0.15) is 31.3 Å². The lowest BCUT2D eigenvalue weighted by molar-refractivity contribution is 0.573. The van der Waals surface area contributed by atoms with E-state index in [9.17, 15) is 4.79 Å². The van der Waals surface area contributed by atoms with E-state index < -0.39 is 0 Å². The van der Waals surface area contributed by atoms with Gasteiger partial charge in [-0.3, -0.25) is 9.79 Å². The summed E-state index contributed by atoms with van der Waals surface area (Å²) in [4.78, 5) is 16.1. The molecule has 2 rings (SSSR count). The van der Waals surface area contributed by atoms with Gasteiger partial charge in [-0.25, -0.2) is 0 Å². The molecule has 2 N–H and O–H groups in total. The van der Waals surface area contributed by atoms with Crippen molar-refractivity contribution in [1.29, 1.82) is 0 Å². The fourth-order valence-corrected chi connectivity index (χ4v) is 2.77. The molecule has 0 aliphatic heterocycles. The molecule has 0 amide bonds. The summed E-state index contributed by atoms with van der Waals surface area (Å²) in [5, 5.41) is 14.6. The first-order valence-corrected chi connectivity index (χ1v) is 9.13. The van der Waals surface area contributed by atoms with E-state index in [0.717, 1.165) is 62.9 Å². The Balaban J connectivity index is 1.65. The van der Waals surface area contributed by atoms with Crippen LogP contribution in [0, 0.1) is 6.92 Å². The molecule has 0 saturated carbocycles. The Labute approximate surface area is 154 Å². The Morgan fingerprint density at radius 1 is 1.19 bits per heavy atom. The molecule has 0 saturated heterocycles. The minimum atomic E-state index is 0.0656. The molecule has 0 spiro atoms. The van der Waals surface area contributed by atoms with Crippen molar-refractivity contribution >= 4 is 5.96 Å². The average Bonchev–Trinajstić information content (AvgIpc) is 3.09. The van der Waals surface area contributed by atoms with E-state index in [4.69, 9.17) is 0 Å². The highest BCUT2D eigenvalue weighted by Crippen LogP contribution is 1.98. The Bertz CT molecular complexity index is 763. The number of unbranched alkanes of at least 4 members (excludes halogenated alkanes) is 1. The number of hydrogen-bond acceptors (Lipinski definition) is 4. The first kappa shape index (κ1) is 19.7. The molecule has 0 bridgehead atoms. The van der Waals surface area contributed by atoms with Gasteiger partial charge in [-0.1, -0.05) is 13.0 Å². The summed E-state index contributed by atoms with van der Waals surface area (Å²) < 4.78 is 3.86. The fourth-order valence-electron chi connectivity index (χ4n) is 2.77. The van der Waals surface area contributed by atoms with Crippen LogP contribution in [-0.4, -0.2) is 45.4 Å². The zero-order valence-corrected chi connectivity index (χ0v) is 15.9. The highest BCUT2D eigenvalue weighted by Gasteiger charge is 2.03. The lowest BCUT2D eigenvalue weighted by Crippen LogP contribution is -2.39. The SMILES string of the molecule is CCc1nncn1CCNC(=NC)NCCCCn1c(C)cccc1=O. The summed E-state index contributed by atoms with van der Waals surface area (Å²) in [6, 6.07) is 5.37. The second-order valence-corrected chi connectivity index (χ2v) is 6.08. The molecule has 0 aromatic carbocycles. The van der Waals surface area contributed by atoms with E-state index in [1.165, 1.54) is 0 Å². The van der Waals surface area contributed by atoms with Crippen molar-refractivity contribution in [3.8, 4) is 0 Å². The Morgan fingerprint density at radius 3 is 2.73 bits per heavy atom. The predicted octanol–water partition coefficient (Wildman–Crippen LogP) is 0.956. The number of aryl methyl sites for hydroxylation is 2. The quantitative estimate of drug-likeness (QED) is 0.395. The zero-order chi connectivity index (χ0) is 18.8. The number of nitrogens with zero attached hydrogens (tertiary/aromatic N) is 5. The van der Waals surface area contributed by atoms with Crippen molar-refractivity contribution in [2.75, 3.05) is 20.1 Å². The molecule has 0 unspecified atom stereocenters. The molecule has 0 fully saturated rings. The predicted molar refractivity (Wildman–Crippen MR) is 103 cm³/mol. The van der Waals surface area contributed by atoms with Gasteiger partial charge in [-0.05, 0) is 25.8 Å². The van der Waals surface area contributed by atoms with Crippen molar-refractivity contribution in [3.63, 3.8) is 0 Å². The molecular formula is C18H29N7O. The van der Waals surface area contributed by atoms with Crippen molar-refractivity contribution in [2.24, 2.45) is 4.99 Å². The molecule has 8 nitrogen and oxygen atoms in total. The van der Waals surface area contributed by atoms with Gasteiger partial charge in [0.25, 0.3) is 5.56 Å². The largest absolute Gasteiger partial charge is 0.356 e. The number of nitrogens with one attached hydrogen (secondary N) is 2. The summed E-state index contributed by atoms with van der Waals surface area (Å²) in [5.41, 5.74) is 1.07. The van der Waals surface area contributed by atoms with E-state index in [1.807, 2.05) is 22.1 Å². The first-order valence-electron chi connectivity index (χ1n) is 9.13. The van der Waals surface area contributed by atoms with Gasteiger partial charge in [0.05, 0.1) is 0 Å². The highest BCUT2D eigenvalue weighted by molar-refractivity contribution is 5.79. The zero-order valence-electron chi connectivity index (χ0n) is 15.9. The third-order valence-corrected chi connectivity index (χ3v) is 4.25. The third kappa shape index (κ3) is 5.72. The van der Waals surface area contributed by atoms with Crippen molar-refractivity contribution in [2.45, 2.75) is 46.2 Å². The summed E-state index contributed by atoms with van der Waals surface area (Å²) >= 11 is 0. The molecule has 0 aliphatic rings. The van der Waals surface area contributed by atoms with E-state index in [1.54, 1.807) is 25.5 Å². The molecule has 2 aromatic heterocycles. The number of guanidine groups is 1. The summed E-state index contributed by atoms with van der Waals surface area (Å²) in [6.45, 7) is 7.14. The summed E-state index contributed by atoms with van der Waals surface area (Å²) in [5.74, 6) is 1.77. The Kier molecular flexibility index (Phi) is 7.85. The molecule has 8 heteroatoms. The number of aliphatic imine (C=N–C) groups is 1. The number of pyridine rings is 1. The minimum Gasteiger partial charge on any atom is -0.356 e. The van der Waals surface area contributed by atoms with E-state index in [0.29, 0.717) is 0 Å². The number of hydrogen-bond donors (Lipinski definition) is 2. The maximum atomic E-state index is 11.8. The van der Waals surface area contributed by atoms with Crippen LogP contribution < -0.4 is 16.2 Å². The van der Waals surface area contributed by atoms with Crippen LogP contribution in [0.5, 0.6) is 0 Å². The second-order valence-electron chi connectivity index (χ2n) is 6.08. The maximum Gasteiger partial charge on any atom is 0.250 e. The van der Waals surface area contributed by atoms with Crippen LogP contribution in [0.3, 0.4) is 0 Å². The van der Waals surface area contributed by atoms with Gasteiger partial charge >= 0.3 is 0 Å². The molecule has 0 atom stereocenters. The van der Waals surface area contributed by atoms with Crippen LogP contribution in [0.2, 0.25) is 0 Å². The van der Waals surface area contributed by atoms with Gasteiger partial charge in [0, 0.05) is 51.4 Å². The summed E-state index contributed by atoms with van der Waals surface area (Å²) in [6.07, 6.45) is 4.53. The van der Waals surface area contributed by atoms with E-state index >= 15 is 0 Å². The molecule has 0 aliphatic carbocycles. The van der Waals surface area contributed by atoms with Gasteiger partial charge in [0.15, 0.2) is 5.96 Å². The second kappa shape index (κ2) is 10.4. The number of rotatable bonds is 9. The average molecular weight is 359 g/mol. The molecule has 2 aromatic rings. The van der Waals surface area contributed by atoms with Crippen LogP contribution in [0.25, 0.3) is 0 Å². The van der Waals surface area contributed by atoms with Crippen molar-refractivity contribution in [3.05, 3.63) is 46.4 Å². The third-order valence-electron chi connectivity index (χ3n) is 4.25. The topological polar surface area (TPSA) is 89.1 Å². The van der Waals surface area contributed by atoms with Gasteiger partial charge in [0.1, 0.15) is 12.2 Å².